The highest BCUT2D eigenvalue weighted by Crippen LogP contribution is 2.33. The molecule has 0 unspecified atom stereocenters. The van der Waals surface area contributed by atoms with Crippen LogP contribution in [0.25, 0.3) is 5.76 Å². The van der Waals surface area contributed by atoms with Crippen LogP contribution in [0.2, 0.25) is 0 Å². The van der Waals surface area contributed by atoms with Gasteiger partial charge >= 0.3 is 0 Å². The molecule has 0 amide bonds. The van der Waals surface area contributed by atoms with E-state index in [0.29, 0.717) is 0 Å². The van der Waals surface area contributed by atoms with E-state index in [1.165, 1.54) is 10.5 Å². The lowest BCUT2D eigenvalue weighted by molar-refractivity contribution is 0.296. The summed E-state index contributed by atoms with van der Waals surface area (Å²) in [5.74, 6) is 2.17. The third-order valence-corrected chi connectivity index (χ3v) is 3.41. The Morgan fingerprint density at radius 2 is 2.07 bits per heavy atom. The fraction of sp³-hybridized carbons (Fsp3) is 0.333. The molecule has 0 saturated heterocycles. The highest BCUT2D eigenvalue weighted by atomic mass is 32.2. The van der Waals surface area contributed by atoms with Crippen molar-refractivity contribution in [3.8, 4) is 0 Å². The van der Waals surface area contributed by atoms with E-state index < -0.39 is 0 Å². The Kier molecular flexibility index (Phi) is 3.14. The van der Waals surface area contributed by atoms with Crippen molar-refractivity contribution in [1.29, 1.82) is 0 Å². The highest BCUT2D eigenvalue weighted by molar-refractivity contribution is 8.03. The minimum absolute atomic E-state index is 0.832. The molecule has 2 heteroatoms. The second-order valence-corrected chi connectivity index (χ2v) is 4.36. The molecular weight excluding hydrogens is 192 g/mol. The second kappa shape index (κ2) is 4.56. The molecule has 0 atom stereocenters. The fourth-order valence-electron chi connectivity index (χ4n) is 1.55. The standard InChI is InChI=1S/C12H14OS/c1-2-11-12(13-8-9-14-11)10-6-4-3-5-7-10/h3-7H,2,8-9H2,1H3. The zero-order valence-electron chi connectivity index (χ0n) is 8.32. The van der Waals surface area contributed by atoms with E-state index in [2.05, 4.69) is 31.2 Å². The molecule has 0 aromatic heterocycles. The predicted octanol–water partition coefficient (Wildman–Crippen LogP) is 3.53. The molecule has 14 heavy (non-hydrogen) atoms. The van der Waals surface area contributed by atoms with Crippen LogP contribution < -0.4 is 0 Å². The zero-order valence-corrected chi connectivity index (χ0v) is 9.14. The average Bonchev–Trinajstić information content (AvgIpc) is 2.30. The molecule has 0 spiro atoms. The number of hydrogen-bond acceptors (Lipinski definition) is 2. The van der Waals surface area contributed by atoms with Gasteiger partial charge in [0.15, 0.2) is 0 Å². The Morgan fingerprint density at radius 1 is 1.29 bits per heavy atom. The Hall–Kier alpha value is -0.890. The van der Waals surface area contributed by atoms with Crippen LogP contribution in [0.4, 0.5) is 0 Å². The molecule has 1 nitrogen and oxygen atoms in total. The van der Waals surface area contributed by atoms with E-state index in [4.69, 9.17) is 4.74 Å². The monoisotopic (exact) mass is 206 g/mol. The molecular formula is C12H14OS. The van der Waals surface area contributed by atoms with Crippen molar-refractivity contribution in [2.45, 2.75) is 13.3 Å². The quantitative estimate of drug-likeness (QED) is 0.732. The van der Waals surface area contributed by atoms with Crippen LogP contribution in [0.1, 0.15) is 18.9 Å². The Morgan fingerprint density at radius 3 is 2.79 bits per heavy atom. The SMILES string of the molecule is CCC1=C(c2ccccc2)OCCS1. The Bertz CT molecular complexity index is 329. The van der Waals surface area contributed by atoms with Crippen molar-refractivity contribution in [1.82, 2.24) is 0 Å². The van der Waals surface area contributed by atoms with Gasteiger partial charge in [-0.05, 0) is 6.42 Å². The molecule has 0 fully saturated rings. The van der Waals surface area contributed by atoms with Crippen molar-refractivity contribution in [3.05, 3.63) is 40.8 Å². The predicted molar refractivity (Wildman–Crippen MR) is 62.1 cm³/mol. The number of ether oxygens (including phenoxy) is 1. The zero-order chi connectivity index (χ0) is 9.80. The van der Waals surface area contributed by atoms with Gasteiger partial charge in [0.05, 0.1) is 6.61 Å². The van der Waals surface area contributed by atoms with Crippen LogP contribution in [0, 0.1) is 0 Å². The normalized spacial score (nSPS) is 16.6. The molecule has 1 aromatic carbocycles. The smallest absolute Gasteiger partial charge is 0.136 e. The van der Waals surface area contributed by atoms with E-state index in [9.17, 15) is 0 Å². The Labute approximate surface area is 89.2 Å². The molecule has 0 N–H and O–H groups in total. The van der Waals surface area contributed by atoms with E-state index in [1.807, 2.05) is 17.8 Å². The molecule has 2 rings (SSSR count). The van der Waals surface area contributed by atoms with Gasteiger partial charge < -0.3 is 4.74 Å². The number of allylic oxidation sites excluding steroid dienone is 1. The fourth-order valence-corrected chi connectivity index (χ4v) is 2.48. The summed E-state index contributed by atoms with van der Waals surface area (Å²) in [6, 6.07) is 10.4. The van der Waals surface area contributed by atoms with Gasteiger partial charge in [0.2, 0.25) is 0 Å². The molecule has 74 valence electrons. The van der Waals surface area contributed by atoms with Crippen LogP contribution in [0.5, 0.6) is 0 Å². The average molecular weight is 206 g/mol. The van der Waals surface area contributed by atoms with Crippen molar-refractivity contribution < 1.29 is 4.74 Å². The lowest BCUT2D eigenvalue weighted by Gasteiger charge is -2.20. The van der Waals surface area contributed by atoms with Crippen molar-refractivity contribution in [2.75, 3.05) is 12.4 Å². The molecule has 0 saturated carbocycles. The number of thioether (sulfide) groups is 1. The summed E-state index contributed by atoms with van der Waals surface area (Å²) in [5.41, 5.74) is 1.21. The summed E-state index contributed by atoms with van der Waals surface area (Å²) in [7, 11) is 0. The van der Waals surface area contributed by atoms with E-state index in [1.54, 1.807) is 0 Å². The number of hydrogen-bond donors (Lipinski definition) is 0. The first-order chi connectivity index (χ1) is 6.92. The highest BCUT2D eigenvalue weighted by Gasteiger charge is 2.14. The van der Waals surface area contributed by atoms with Gasteiger partial charge in [0, 0.05) is 16.2 Å². The van der Waals surface area contributed by atoms with E-state index in [0.717, 1.165) is 24.5 Å². The van der Waals surface area contributed by atoms with Crippen molar-refractivity contribution >= 4 is 17.5 Å². The molecule has 1 heterocycles. The van der Waals surface area contributed by atoms with Crippen molar-refractivity contribution in [3.63, 3.8) is 0 Å². The molecule has 0 bridgehead atoms. The maximum Gasteiger partial charge on any atom is 0.136 e. The first-order valence-corrected chi connectivity index (χ1v) is 5.94. The third-order valence-electron chi connectivity index (χ3n) is 2.22. The lowest BCUT2D eigenvalue weighted by Crippen LogP contribution is -2.05. The summed E-state index contributed by atoms with van der Waals surface area (Å²) < 4.78 is 5.73. The maximum absolute atomic E-state index is 5.73. The van der Waals surface area contributed by atoms with Crippen LogP contribution in [0.15, 0.2) is 35.2 Å². The Balaban J connectivity index is 2.35. The lowest BCUT2D eigenvalue weighted by atomic mass is 10.1. The van der Waals surface area contributed by atoms with Crippen LogP contribution >= 0.6 is 11.8 Å². The first kappa shape index (κ1) is 9.66. The minimum atomic E-state index is 0.832. The van der Waals surface area contributed by atoms with Crippen LogP contribution in [-0.2, 0) is 4.74 Å². The van der Waals surface area contributed by atoms with Gasteiger partial charge in [-0.2, -0.15) is 0 Å². The number of rotatable bonds is 2. The molecule has 1 aliphatic rings. The third kappa shape index (κ3) is 1.95. The van der Waals surface area contributed by atoms with Crippen LogP contribution in [-0.4, -0.2) is 12.4 Å². The minimum Gasteiger partial charge on any atom is -0.491 e. The summed E-state index contributed by atoms with van der Waals surface area (Å²) >= 11 is 1.92. The molecule has 1 aromatic rings. The van der Waals surface area contributed by atoms with E-state index in [-0.39, 0.29) is 0 Å². The maximum atomic E-state index is 5.73. The van der Waals surface area contributed by atoms with Gasteiger partial charge in [-0.15, -0.1) is 11.8 Å². The number of benzene rings is 1. The first-order valence-electron chi connectivity index (χ1n) is 4.96. The van der Waals surface area contributed by atoms with Crippen LogP contribution in [0.3, 0.4) is 0 Å². The summed E-state index contributed by atoms with van der Waals surface area (Å²) in [6.07, 6.45) is 1.06. The van der Waals surface area contributed by atoms with Gasteiger partial charge in [-0.3, -0.25) is 0 Å². The summed E-state index contributed by atoms with van der Waals surface area (Å²) in [5, 5.41) is 0. The second-order valence-electron chi connectivity index (χ2n) is 3.17. The topological polar surface area (TPSA) is 9.23 Å². The molecule has 0 radical (unpaired) electrons. The van der Waals surface area contributed by atoms with Gasteiger partial charge in [0.1, 0.15) is 5.76 Å². The molecule has 0 aliphatic carbocycles. The van der Waals surface area contributed by atoms with E-state index >= 15 is 0 Å². The summed E-state index contributed by atoms with van der Waals surface area (Å²) in [6.45, 7) is 3.01. The van der Waals surface area contributed by atoms with Crippen molar-refractivity contribution in [2.24, 2.45) is 0 Å². The molecule has 1 aliphatic heterocycles. The largest absolute Gasteiger partial charge is 0.491 e. The van der Waals surface area contributed by atoms with Gasteiger partial charge in [-0.25, -0.2) is 0 Å². The summed E-state index contributed by atoms with van der Waals surface area (Å²) in [4.78, 5) is 1.38. The van der Waals surface area contributed by atoms with Gasteiger partial charge in [-0.1, -0.05) is 37.3 Å². The van der Waals surface area contributed by atoms with Gasteiger partial charge in [0.25, 0.3) is 0 Å².